The van der Waals surface area contributed by atoms with E-state index in [1.807, 2.05) is 30.5 Å². The number of aliphatic hydroxyl groups excluding tert-OH is 1. The highest BCUT2D eigenvalue weighted by molar-refractivity contribution is 6.11. The Morgan fingerprint density at radius 3 is 2.48 bits per heavy atom. The van der Waals surface area contributed by atoms with Crippen molar-refractivity contribution in [2.24, 2.45) is 16.7 Å². The number of carbonyl (C=O) groups excluding carboxylic acids is 1. The molecule has 4 heteroatoms. The highest BCUT2D eigenvalue weighted by Crippen LogP contribution is 2.69. The summed E-state index contributed by atoms with van der Waals surface area (Å²) in [5, 5.41) is 10.4. The van der Waals surface area contributed by atoms with Crippen LogP contribution in [-0.2, 0) is 6.54 Å². The Morgan fingerprint density at radius 2 is 1.88 bits per heavy atom. The Labute approximate surface area is 148 Å². The fourth-order valence-electron chi connectivity index (χ4n) is 4.21. The molecule has 1 aliphatic rings. The van der Waals surface area contributed by atoms with E-state index in [0.717, 1.165) is 16.5 Å². The van der Waals surface area contributed by atoms with E-state index in [-0.39, 0.29) is 22.5 Å². The molecular weight excluding hydrogens is 317 g/mol. The minimum atomic E-state index is -0.893. The van der Waals surface area contributed by atoms with Crippen LogP contribution in [0.15, 0.2) is 30.5 Å². The van der Waals surface area contributed by atoms with Crippen LogP contribution in [0.25, 0.3) is 10.9 Å². The van der Waals surface area contributed by atoms with Gasteiger partial charge in [0, 0.05) is 35.1 Å². The molecule has 1 aromatic carbocycles. The number of rotatable bonds is 7. The summed E-state index contributed by atoms with van der Waals surface area (Å²) in [5.41, 5.74) is 1.83. The number of nitrogens with zero attached hydrogens (tertiary/aromatic N) is 1. The zero-order chi connectivity index (χ0) is 18.4. The molecule has 3 rings (SSSR count). The fraction of sp³-hybridized carbons (Fsp3) is 0.571. The summed E-state index contributed by atoms with van der Waals surface area (Å²) in [6, 6.07) is 7.94. The van der Waals surface area contributed by atoms with Crippen LogP contribution in [0.2, 0.25) is 0 Å². The Balaban J connectivity index is 1.88. The van der Waals surface area contributed by atoms with Gasteiger partial charge in [-0.15, -0.1) is 0 Å². The van der Waals surface area contributed by atoms with Gasteiger partial charge in [-0.1, -0.05) is 45.9 Å². The number of benzene rings is 1. The van der Waals surface area contributed by atoms with Gasteiger partial charge in [0.25, 0.3) is 0 Å². The first kappa shape index (κ1) is 18.1. The average molecular weight is 345 g/mol. The topological polar surface area (TPSA) is 42.2 Å². The number of aliphatic hydroxyl groups is 1. The largest absolute Gasteiger partial charge is 0.390 e. The molecule has 1 fully saturated rings. The molecule has 1 aromatic heterocycles. The maximum Gasteiger partial charge on any atom is 0.169 e. The van der Waals surface area contributed by atoms with Crippen molar-refractivity contribution in [3.05, 3.63) is 36.0 Å². The van der Waals surface area contributed by atoms with Crippen molar-refractivity contribution in [2.45, 2.75) is 53.2 Å². The lowest BCUT2D eigenvalue weighted by atomic mass is 10.0. The van der Waals surface area contributed by atoms with Gasteiger partial charge in [-0.25, -0.2) is 4.39 Å². The molecule has 0 radical (unpaired) electrons. The fourth-order valence-corrected chi connectivity index (χ4v) is 4.21. The molecule has 1 saturated carbocycles. The van der Waals surface area contributed by atoms with E-state index in [2.05, 4.69) is 32.3 Å². The molecule has 0 spiro atoms. The molecule has 2 aromatic rings. The first-order chi connectivity index (χ1) is 11.7. The smallest absolute Gasteiger partial charge is 0.169 e. The Hall–Kier alpha value is -1.68. The zero-order valence-electron chi connectivity index (χ0n) is 15.6. The molecule has 0 saturated heterocycles. The number of aromatic nitrogens is 1. The van der Waals surface area contributed by atoms with E-state index in [1.165, 1.54) is 0 Å². The number of hydrogen-bond acceptors (Lipinski definition) is 2. The summed E-state index contributed by atoms with van der Waals surface area (Å²) in [7, 11) is 0. The standard InChI is InChI=1S/C21H28FNO2/c1-20(2)19(21(20,3)4)18(25)16-13-23(11-7-8-14(24)12-22)17-10-6-5-9-15(16)17/h5-6,9-10,13-14,19,24H,7-8,11-12H2,1-4H3/t14-/m0/s1. The van der Waals surface area contributed by atoms with Crippen molar-refractivity contribution in [1.82, 2.24) is 4.57 Å². The number of Topliss-reactive ketones (excluding diaryl/α,β-unsaturated/α-hetero) is 1. The molecular formula is C21H28FNO2. The number of ketones is 1. The van der Waals surface area contributed by atoms with Crippen LogP contribution < -0.4 is 0 Å². The van der Waals surface area contributed by atoms with Crippen molar-refractivity contribution in [2.75, 3.05) is 6.67 Å². The third kappa shape index (κ3) is 2.91. The molecule has 25 heavy (non-hydrogen) atoms. The Morgan fingerprint density at radius 1 is 1.24 bits per heavy atom. The van der Waals surface area contributed by atoms with E-state index < -0.39 is 12.8 Å². The third-order valence-electron chi connectivity index (χ3n) is 6.45. The van der Waals surface area contributed by atoms with E-state index in [0.29, 0.717) is 19.4 Å². The molecule has 3 nitrogen and oxygen atoms in total. The maximum absolute atomic E-state index is 13.2. The lowest BCUT2D eigenvalue weighted by Crippen LogP contribution is -2.10. The second-order valence-corrected chi connectivity index (χ2v) is 8.44. The summed E-state index contributed by atoms with van der Waals surface area (Å²) < 4.78 is 14.5. The number of aryl methyl sites for hydroxylation is 1. The lowest BCUT2D eigenvalue weighted by Gasteiger charge is -2.07. The molecule has 0 bridgehead atoms. The predicted octanol–water partition coefficient (Wildman–Crippen LogP) is 4.62. The normalized spacial score (nSPS) is 19.9. The van der Waals surface area contributed by atoms with Crippen LogP contribution in [0.5, 0.6) is 0 Å². The van der Waals surface area contributed by atoms with Crippen LogP contribution in [0.3, 0.4) is 0 Å². The van der Waals surface area contributed by atoms with Crippen molar-refractivity contribution in [3.63, 3.8) is 0 Å². The quantitative estimate of drug-likeness (QED) is 0.744. The van der Waals surface area contributed by atoms with Gasteiger partial charge in [0.15, 0.2) is 5.78 Å². The van der Waals surface area contributed by atoms with Gasteiger partial charge < -0.3 is 9.67 Å². The van der Waals surface area contributed by atoms with Crippen molar-refractivity contribution in [3.8, 4) is 0 Å². The predicted molar refractivity (Wildman–Crippen MR) is 98.5 cm³/mol. The van der Waals surface area contributed by atoms with Gasteiger partial charge in [-0.05, 0) is 29.7 Å². The minimum absolute atomic E-state index is 0.0124. The SMILES string of the molecule is CC1(C)C(C(=O)c2cn(CCC[C@H](O)CF)c3ccccc23)C1(C)C. The van der Waals surface area contributed by atoms with Crippen molar-refractivity contribution in [1.29, 1.82) is 0 Å². The molecule has 0 aliphatic heterocycles. The number of para-hydroxylation sites is 1. The summed E-state index contributed by atoms with van der Waals surface area (Å²) in [5.74, 6) is 0.251. The van der Waals surface area contributed by atoms with Gasteiger partial charge in [-0.2, -0.15) is 0 Å². The summed E-state index contributed by atoms with van der Waals surface area (Å²) in [6.45, 7) is 8.60. The van der Waals surface area contributed by atoms with Gasteiger partial charge in [-0.3, -0.25) is 4.79 Å². The van der Waals surface area contributed by atoms with E-state index >= 15 is 0 Å². The molecule has 0 unspecified atom stereocenters. The van der Waals surface area contributed by atoms with E-state index in [9.17, 15) is 14.3 Å². The third-order valence-corrected chi connectivity index (χ3v) is 6.45. The minimum Gasteiger partial charge on any atom is -0.390 e. The number of halogens is 1. The maximum atomic E-state index is 13.2. The molecule has 1 atom stereocenters. The first-order valence-corrected chi connectivity index (χ1v) is 9.08. The first-order valence-electron chi connectivity index (χ1n) is 9.08. The second-order valence-electron chi connectivity index (χ2n) is 8.44. The monoisotopic (exact) mass is 345 g/mol. The van der Waals surface area contributed by atoms with Gasteiger partial charge >= 0.3 is 0 Å². The summed E-state index contributed by atoms with van der Waals surface area (Å²) >= 11 is 0. The summed E-state index contributed by atoms with van der Waals surface area (Å²) in [6.07, 6.45) is 2.16. The van der Waals surface area contributed by atoms with Crippen LogP contribution in [0.1, 0.15) is 50.9 Å². The van der Waals surface area contributed by atoms with Crippen molar-refractivity contribution >= 4 is 16.7 Å². The average Bonchev–Trinajstić information content (AvgIpc) is 2.84. The van der Waals surface area contributed by atoms with Crippen LogP contribution in [-0.4, -0.2) is 28.2 Å². The number of fused-ring (bicyclic) bond motifs is 1. The Kier molecular flexibility index (Phi) is 4.52. The molecule has 1 aliphatic carbocycles. The van der Waals surface area contributed by atoms with E-state index in [1.54, 1.807) is 0 Å². The molecule has 0 amide bonds. The van der Waals surface area contributed by atoms with Crippen molar-refractivity contribution < 1.29 is 14.3 Å². The lowest BCUT2D eigenvalue weighted by molar-refractivity contribution is 0.0946. The van der Waals surface area contributed by atoms with Gasteiger partial charge in [0.05, 0.1) is 6.10 Å². The highest BCUT2D eigenvalue weighted by atomic mass is 19.1. The van der Waals surface area contributed by atoms with Gasteiger partial charge in [0.2, 0.25) is 0 Å². The van der Waals surface area contributed by atoms with Crippen LogP contribution in [0.4, 0.5) is 4.39 Å². The highest BCUT2D eigenvalue weighted by Gasteiger charge is 2.68. The molecule has 1 N–H and O–H groups in total. The van der Waals surface area contributed by atoms with E-state index in [4.69, 9.17) is 0 Å². The number of alkyl halides is 1. The second kappa shape index (κ2) is 6.24. The Bertz CT molecular complexity index is 776. The number of hydrogen-bond donors (Lipinski definition) is 1. The van der Waals surface area contributed by atoms with Gasteiger partial charge in [0.1, 0.15) is 6.67 Å². The number of carbonyl (C=O) groups is 1. The van der Waals surface area contributed by atoms with Crippen LogP contribution in [0, 0.1) is 16.7 Å². The summed E-state index contributed by atoms with van der Waals surface area (Å²) in [4.78, 5) is 13.2. The van der Waals surface area contributed by atoms with Crippen LogP contribution >= 0.6 is 0 Å². The molecule has 1 heterocycles. The molecule has 136 valence electrons. The zero-order valence-corrected chi connectivity index (χ0v) is 15.6.